The third-order valence-corrected chi connectivity index (χ3v) is 2.63. The van der Waals surface area contributed by atoms with Gasteiger partial charge in [-0.25, -0.2) is 9.59 Å². The van der Waals surface area contributed by atoms with E-state index in [2.05, 4.69) is 5.32 Å². The molecule has 2 rings (SSSR count). The molecule has 116 valence electrons. The van der Waals surface area contributed by atoms with Gasteiger partial charge in [-0.15, -0.1) is 0 Å². The van der Waals surface area contributed by atoms with E-state index in [-0.39, 0.29) is 35.2 Å². The van der Waals surface area contributed by atoms with Crippen LogP contribution in [0.3, 0.4) is 0 Å². The molecule has 0 saturated heterocycles. The summed E-state index contributed by atoms with van der Waals surface area (Å²) in [6.45, 7) is 0. The van der Waals surface area contributed by atoms with Crippen LogP contribution in [0.5, 0.6) is 11.6 Å². The molecule has 1 aromatic heterocycles. The van der Waals surface area contributed by atoms with Gasteiger partial charge in [-0.05, 0) is 18.2 Å². The summed E-state index contributed by atoms with van der Waals surface area (Å²) in [5.41, 5.74) is -3.35. The van der Waals surface area contributed by atoms with Gasteiger partial charge >= 0.3 is 41.2 Å². The van der Waals surface area contributed by atoms with Crippen LogP contribution >= 0.6 is 0 Å². The second-order valence-electron chi connectivity index (χ2n) is 4.12. The molecule has 1 aromatic carbocycles. The Morgan fingerprint density at radius 2 is 1.74 bits per heavy atom. The Balaban J connectivity index is 0.00000264. The van der Waals surface area contributed by atoms with E-state index in [1.807, 2.05) is 4.98 Å². The molecule has 1 heterocycles. The fourth-order valence-corrected chi connectivity index (χ4v) is 1.66. The van der Waals surface area contributed by atoms with Gasteiger partial charge in [0.05, 0.1) is 0 Å². The molecule has 23 heavy (non-hydrogen) atoms. The molecular formula is C12H10N3NaO7. The number of carboxylic acid groups (broad SMARTS) is 1. The topological polar surface area (TPSA) is 173 Å². The molecule has 2 aromatic rings. The molecule has 10 nitrogen and oxygen atoms in total. The van der Waals surface area contributed by atoms with E-state index in [1.165, 1.54) is 6.07 Å². The third kappa shape index (κ3) is 4.00. The number of aromatic amines is 2. The molecule has 11 heteroatoms. The molecule has 0 aliphatic heterocycles. The van der Waals surface area contributed by atoms with Crippen LogP contribution in [0.4, 0.5) is 5.69 Å². The van der Waals surface area contributed by atoms with E-state index < -0.39 is 45.9 Å². The molecule has 0 radical (unpaired) electrons. The van der Waals surface area contributed by atoms with Crippen LogP contribution in [0.2, 0.25) is 0 Å². The summed E-state index contributed by atoms with van der Waals surface area (Å²) in [4.78, 5) is 48.8. The van der Waals surface area contributed by atoms with E-state index in [1.54, 1.807) is 4.98 Å². The number of carbonyl (C=O) groups is 2. The van der Waals surface area contributed by atoms with E-state index in [0.29, 0.717) is 0 Å². The van der Waals surface area contributed by atoms with E-state index in [9.17, 15) is 29.4 Å². The molecule has 0 atom stereocenters. The number of anilines is 1. The summed E-state index contributed by atoms with van der Waals surface area (Å²) in [6, 6.07) is 3.19. The molecule has 0 aliphatic rings. The Hall–Kier alpha value is -2.56. The maximum atomic E-state index is 11.9. The van der Waals surface area contributed by atoms with Crippen LogP contribution in [-0.2, 0) is 0 Å². The summed E-state index contributed by atoms with van der Waals surface area (Å²) in [6.07, 6.45) is 0. The standard InChI is InChI=1S/C12H9N3O7.Na.H/c16-6-2-1-4(3-5(6)11(20)21)13-8(17)7-9(18)14-12(22)15-10(7)19;;/h1-3,16H,(H,13,17)(H,20,21)(H3,14,15,18,19,22);;. The summed E-state index contributed by atoms with van der Waals surface area (Å²) in [5, 5.41) is 29.8. The molecule has 0 spiro atoms. The Labute approximate surface area is 149 Å². The fraction of sp³-hybridized carbons (Fsp3) is 0. The van der Waals surface area contributed by atoms with Crippen molar-refractivity contribution in [3.05, 3.63) is 50.2 Å². The van der Waals surface area contributed by atoms with Crippen molar-refractivity contribution in [2.24, 2.45) is 0 Å². The number of amides is 1. The van der Waals surface area contributed by atoms with E-state index in [4.69, 9.17) is 5.11 Å². The van der Waals surface area contributed by atoms with Gasteiger partial charge in [-0.2, -0.15) is 0 Å². The van der Waals surface area contributed by atoms with Crippen LogP contribution < -0.4 is 16.6 Å². The van der Waals surface area contributed by atoms with E-state index >= 15 is 0 Å². The molecule has 0 bridgehead atoms. The van der Waals surface area contributed by atoms with Gasteiger partial charge in [0.25, 0.3) is 11.5 Å². The first-order chi connectivity index (χ1) is 10.3. The summed E-state index contributed by atoms with van der Waals surface area (Å²) in [7, 11) is 0. The monoisotopic (exact) mass is 331 g/mol. The average Bonchev–Trinajstić information content (AvgIpc) is 2.39. The molecule has 6 N–H and O–H groups in total. The van der Waals surface area contributed by atoms with Crippen molar-refractivity contribution >= 4 is 47.1 Å². The number of phenols is 1. The van der Waals surface area contributed by atoms with Gasteiger partial charge in [0.1, 0.15) is 11.3 Å². The predicted molar refractivity (Wildman–Crippen MR) is 79.5 cm³/mol. The van der Waals surface area contributed by atoms with Crippen LogP contribution in [0.25, 0.3) is 0 Å². The van der Waals surface area contributed by atoms with Gasteiger partial charge in [-0.3, -0.25) is 19.6 Å². The quantitative estimate of drug-likeness (QED) is 0.302. The summed E-state index contributed by atoms with van der Waals surface area (Å²) in [5.74, 6) is -3.92. The second-order valence-corrected chi connectivity index (χ2v) is 4.12. The number of carboxylic acids is 1. The fourth-order valence-electron chi connectivity index (χ4n) is 1.66. The Morgan fingerprint density at radius 1 is 1.09 bits per heavy atom. The second kappa shape index (κ2) is 7.13. The van der Waals surface area contributed by atoms with Crippen molar-refractivity contribution in [2.45, 2.75) is 0 Å². The van der Waals surface area contributed by atoms with E-state index in [0.717, 1.165) is 12.1 Å². The number of hydrogen-bond donors (Lipinski definition) is 6. The van der Waals surface area contributed by atoms with Crippen LogP contribution in [0.15, 0.2) is 27.8 Å². The summed E-state index contributed by atoms with van der Waals surface area (Å²) >= 11 is 0. The normalized spacial score (nSPS) is 9.74. The number of benzene rings is 1. The SMILES string of the molecule is O=C(O)c1cc(NC(=O)c2c(O)[nH]c(=O)[nH]c2=O)ccc1O.[NaH]. The average molecular weight is 331 g/mol. The van der Waals surface area contributed by atoms with Crippen molar-refractivity contribution < 1.29 is 24.9 Å². The number of hydrogen-bond acceptors (Lipinski definition) is 6. The van der Waals surface area contributed by atoms with Crippen molar-refractivity contribution in [1.82, 2.24) is 9.97 Å². The first-order valence-electron chi connectivity index (χ1n) is 5.73. The number of H-pyrrole nitrogens is 2. The predicted octanol–water partition coefficient (Wildman–Crippen LogP) is -1.22. The first-order valence-corrected chi connectivity index (χ1v) is 5.73. The Morgan fingerprint density at radius 3 is 2.30 bits per heavy atom. The molecule has 0 unspecified atom stereocenters. The number of carbonyl (C=O) groups excluding carboxylic acids is 1. The summed E-state index contributed by atoms with van der Waals surface area (Å²) < 4.78 is 0. The number of aromatic carboxylic acids is 1. The first kappa shape index (κ1) is 18.5. The minimum absolute atomic E-state index is 0. The number of nitrogens with one attached hydrogen (secondary N) is 3. The number of aromatic nitrogens is 2. The number of rotatable bonds is 3. The van der Waals surface area contributed by atoms with Crippen LogP contribution in [-0.4, -0.2) is 66.7 Å². The van der Waals surface area contributed by atoms with Crippen LogP contribution in [0, 0.1) is 0 Å². The van der Waals surface area contributed by atoms with Gasteiger partial charge in [0, 0.05) is 5.69 Å². The molecule has 0 aliphatic carbocycles. The molecular weight excluding hydrogens is 321 g/mol. The molecule has 0 saturated carbocycles. The molecule has 0 fully saturated rings. The third-order valence-electron chi connectivity index (χ3n) is 2.63. The maximum absolute atomic E-state index is 11.9. The van der Waals surface area contributed by atoms with Gasteiger partial charge in [-0.1, -0.05) is 0 Å². The zero-order valence-electron chi connectivity index (χ0n) is 10.7. The van der Waals surface area contributed by atoms with Crippen molar-refractivity contribution in [2.75, 3.05) is 5.32 Å². The zero-order chi connectivity index (χ0) is 16.4. The Kier molecular flexibility index (Phi) is 5.73. The van der Waals surface area contributed by atoms with Gasteiger partial charge < -0.3 is 20.6 Å². The Bertz CT molecular complexity index is 887. The van der Waals surface area contributed by atoms with Gasteiger partial charge in [0.2, 0.25) is 5.88 Å². The van der Waals surface area contributed by atoms with Crippen LogP contribution in [0.1, 0.15) is 20.7 Å². The number of aromatic hydroxyl groups is 2. The zero-order valence-corrected chi connectivity index (χ0v) is 10.7. The molecule has 1 amide bonds. The van der Waals surface area contributed by atoms with Gasteiger partial charge in [0.15, 0.2) is 5.56 Å². The van der Waals surface area contributed by atoms with Crippen molar-refractivity contribution in [1.29, 1.82) is 0 Å². The van der Waals surface area contributed by atoms with Crippen molar-refractivity contribution in [3.63, 3.8) is 0 Å². The van der Waals surface area contributed by atoms with Crippen molar-refractivity contribution in [3.8, 4) is 11.6 Å². The minimum atomic E-state index is -1.42.